The van der Waals surface area contributed by atoms with E-state index >= 15 is 0 Å². The molecule has 0 radical (unpaired) electrons. The van der Waals surface area contributed by atoms with Crippen molar-refractivity contribution in [1.82, 2.24) is 0 Å². The summed E-state index contributed by atoms with van der Waals surface area (Å²) in [6, 6.07) is 2.92. The van der Waals surface area contributed by atoms with Crippen LogP contribution >= 0.6 is 15.9 Å². The fourth-order valence-electron chi connectivity index (χ4n) is 1.39. The van der Waals surface area contributed by atoms with E-state index < -0.39 is 40.8 Å². The maximum atomic E-state index is 12.5. The number of benzene rings is 1. The third-order valence-corrected chi connectivity index (χ3v) is 7.36. The molecular formula is C9H5BrF6O4S2. The predicted molar refractivity (Wildman–Crippen MR) is 66.8 cm³/mol. The molecule has 0 fully saturated rings. The van der Waals surface area contributed by atoms with E-state index in [4.69, 9.17) is 0 Å². The molecule has 1 aromatic carbocycles. The molecule has 0 N–H and O–H groups in total. The smallest absolute Gasteiger partial charge is 0.218 e. The SMILES string of the molecule is O=S(=O)(C(c1ccc(Br)cc1)S(=O)(=O)C(F)(F)F)C(F)(F)F. The lowest BCUT2D eigenvalue weighted by molar-refractivity contribution is -0.0472. The van der Waals surface area contributed by atoms with Crippen molar-refractivity contribution in [3.63, 3.8) is 0 Å². The van der Waals surface area contributed by atoms with Gasteiger partial charge in [0.2, 0.25) is 4.58 Å². The molecular weight excluding hydrogens is 430 g/mol. The normalized spacial score (nSPS) is 14.4. The lowest BCUT2D eigenvalue weighted by Crippen LogP contribution is -2.39. The third kappa shape index (κ3) is 3.40. The van der Waals surface area contributed by atoms with Crippen molar-refractivity contribution in [1.29, 1.82) is 0 Å². The Morgan fingerprint density at radius 3 is 1.36 bits per heavy atom. The second kappa shape index (κ2) is 5.67. The molecule has 22 heavy (non-hydrogen) atoms. The summed E-state index contributed by atoms with van der Waals surface area (Å²) in [5, 5.41) is 0. The zero-order chi connectivity index (χ0) is 17.6. The molecule has 13 heteroatoms. The number of halogens is 7. The summed E-state index contributed by atoms with van der Waals surface area (Å²) in [5.41, 5.74) is -13.5. The van der Waals surface area contributed by atoms with Gasteiger partial charge in [0.1, 0.15) is 0 Å². The van der Waals surface area contributed by atoms with Crippen molar-refractivity contribution >= 4 is 35.6 Å². The highest BCUT2D eigenvalue weighted by Crippen LogP contribution is 2.44. The molecule has 0 aliphatic rings. The summed E-state index contributed by atoms with van der Waals surface area (Å²) in [4.78, 5) is 0. The zero-order valence-corrected chi connectivity index (χ0v) is 13.2. The Bertz CT molecular complexity index is 705. The van der Waals surface area contributed by atoms with Crippen LogP contribution in [0, 0.1) is 0 Å². The highest BCUT2D eigenvalue weighted by atomic mass is 79.9. The summed E-state index contributed by atoms with van der Waals surface area (Å²) < 4.78 is 117. The first kappa shape index (κ1) is 19.2. The molecule has 0 aromatic heterocycles. The monoisotopic (exact) mass is 434 g/mol. The summed E-state index contributed by atoms with van der Waals surface area (Å²) >= 11 is 2.83. The average Bonchev–Trinajstić information content (AvgIpc) is 2.28. The molecule has 0 saturated heterocycles. The summed E-state index contributed by atoms with van der Waals surface area (Å²) in [6.45, 7) is 0. The first-order valence-corrected chi connectivity index (χ1v) is 8.86. The Hall–Kier alpha value is -0.820. The van der Waals surface area contributed by atoms with Gasteiger partial charge in [0.05, 0.1) is 0 Å². The van der Waals surface area contributed by atoms with Gasteiger partial charge in [0, 0.05) is 4.47 Å². The molecule has 0 spiro atoms. The Kier molecular flexibility index (Phi) is 4.96. The molecule has 4 nitrogen and oxygen atoms in total. The highest BCUT2D eigenvalue weighted by Gasteiger charge is 2.63. The van der Waals surface area contributed by atoms with Crippen LogP contribution in [0.4, 0.5) is 26.3 Å². The van der Waals surface area contributed by atoms with Crippen LogP contribution in [0.5, 0.6) is 0 Å². The number of hydrogen-bond acceptors (Lipinski definition) is 4. The fraction of sp³-hybridized carbons (Fsp3) is 0.333. The molecule has 1 aromatic rings. The molecule has 0 saturated carbocycles. The van der Waals surface area contributed by atoms with Gasteiger partial charge in [0.25, 0.3) is 19.7 Å². The maximum Gasteiger partial charge on any atom is 0.499 e. The number of rotatable bonds is 3. The van der Waals surface area contributed by atoms with Crippen molar-refractivity contribution in [3.05, 3.63) is 34.3 Å². The van der Waals surface area contributed by atoms with Crippen molar-refractivity contribution in [3.8, 4) is 0 Å². The van der Waals surface area contributed by atoms with Gasteiger partial charge in [-0.2, -0.15) is 26.3 Å². The predicted octanol–water partition coefficient (Wildman–Crippen LogP) is 3.32. The minimum atomic E-state index is -6.67. The molecule has 0 aliphatic carbocycles. The number of sulfone groups is 2. The average molecular weight is 435 g/mol. The zero-order valence-electron chi connectivity index (χ0n) is 9.98. The Morgan fingerprint density at radius 2 is 1.09 bits per heavy atom. The lowest BCUT2D eigenvalue weighted by atomic mass is 10.2. The Labute approximate surface area is 129 Å². The van der Waals surface area contributed by atoms with Gasteiger partial charge in [-0.3, -0.25) is 0 Å². The number of alkyl halides is 6. The van der Waals surface area contributed by atoms with Crippen LogP contribution < -0.4 is 0 Å². The van der Waals surface area contributed by atoms with Crippen LogP contribution in [0.3, 0.4) is 0 Å². The summed E-state index contributed by atoms with van der Waals surface area (Å²) in [6.07, 6.45) is 0. The van der Waals surface area contributed by atoms with Crippen molar-refractivity contribution in [2.24, 2.45) is 0 Å². The molecule has 0 unspecified atom stereocenters. The van der Waals surface area contributed by atoms with E-state index in [1.165, 1.54) is 0 Å². The van der Waals surface area contributed by atoms with Crippen LogP contribution in [0.25, 0.3) is 0 Å². The van der Waals surface area contributed by atoms with Gasteiger partial charge >= 0.3 is 11.0 Å². The van der Waals surface area contributed by atoms with Crippen molar-refractivity contribution in [2.75, 3.05) is 0 Å². The third-order valence-electron chi connectivity index (χ3n) is 2.35. The van der Waals surface area contributed by atoms with Gasteiger partial charge in [0.15, 0.2) is 0 Å². The van der Waals surface area contributed by atoms with E-state index in [0.29, 0.717) is 12.1 Å². The molecule has 126 valence electrons. The van der Waals surface area contributed by atoms with Gasteiger partial charge < -0.3 is 0 Å². The van der Waals surface area contributed by atoms with Crippen LogP contribution in [0.2, 0.25) is 0 Å². The van der Waals surface area contributed by atoms with Crippen molar-refractivity contribution in [2.45, 2.75) is 15.6 Å². The van der Waals surface area contributed by atoms with Crippen LogP contribution in [0.1, 0.15) is 10.1 Å². The second-order valence-electron chi connectivity index (χ2n) is 3.86. The van der Waals surface area contributed by atoms with E-state index in [1.54, 1.807) is 0 Å². The van der Waals surface area contributed by atoms with Gasteiger partial charge in [-0.15, -0.1) is 0 Å². The summed E-state index contributed by atoms with van der Waals surface area (Å²) in [5.74, 6) is 0. The second-order valence-corrected chi connectivity index (χ2v) is 9.13. The van der Waals surface area contributed by atoms with Crippen LogP contribution in [-0.2, 0) is 19.7 Å². The molecule has 0 amide bonds. The first-order chi connectivity index (χ1) is 9.62. The molecule has 0 bridgehead atoms. The van der Waals surface area contributed by atoms with Gasteiger partial charge in [-0.25, -0.2) is 16.8 Å². The molecule has 0 aliphatic heterocycles. The first-order valence-electron chi connectivity index (χ1n) is 4.98. The maximum absolute atomic E-state index is 12.5. The van der Waals surface area contributed by atoms with E-state index in [1.807, 2.05) is 0 Å². The number of hydrogen-bond donors (Lipinski definition) is 0. The quantitative estimate of drug-likeness (QED) is 0.684. The van der Waals surface area contributed by atoms with Crippen LogP contribution in [-0.4, -0.2) is 27.9 Å². The van der Waals surface area contributed by atoms with E-state index in [9.17, 15) is 43.2 Å². The standard InChI is InChI=1S/C9H5BrF6O4S2/c10-6-3-1-5(2-4-6)7(21(17,18)8(11,12)13)22(19,20)9(14,15)16/h1-4,7H. The van der Waals surface area contributed by atoms with Gasteiger partial charge in [-0.1, -0.05) is 28.1 Å². The van der Waals surface area contributed by atoms with E-state index in [-0.39, 0.29) is 4.47 Å². The fourth-order valence-corrected chi connectivity index (χ4v) is 5.16. The molecule has 0 heterocycles. The lowest BCUT2D eigenvalue weighted by Gasteiger charge is -2.21. The topological polar surface area (TPSA) is 68.3 Å². The van der Waals surface area contributed by atoms with Gasteiger partial charge in [-0.05, 0) is 17.7 Å². The van der Waals surface area contributed by atoms with Crippen molar-refractivity contribution < 1.29 is 43.2 Å². The minimum Gasteiger partial charge on any atom is -0.218 e. The van der Waals surface area contributed by atoms with E-state index in [2.05, 4.69) is 15.9 Å². The molecule has 0 atom stereocenters. The van der Waals surface area contributed by atoms with Crippen LogP contribution in [0.15, 0.2) is 28.7 Å². The summed E-state index contributed by atoms with van der Waals surface area (Å²) in [7, 11) is -13.3. The largest absolute Gasteiger partial charge is 0.499 e. The molecule has 1 rings (SSSR count). The Balaban J connectivity index is 3.73. The van der Waals surface area contributed by atoms with E-state index in [0.717, 1.165) is 12.1 Å². The Morgan fingerprint density at radius 1 is 0.773 bits per heavy atom. The minimum absolute atomic E-state index is 0.198. The highest BCUT2D eigenvalue weighted by molar-refractivity contribution is 9.10.